The molecule has 5 heteroatoms. The van der Waals surface area contributed by atoms with Crippen molar-refractivity contribution >= 4 is 28.8 Å². The highest BCUT2D eigenvalue weighted by Crippen LogP contribution is 2.19. The molecule has 2 aromatic rings. The monoisotopic (exact) mass is 288 g/mol. The number of carbonyl (C=O) groups is 1. The van der Waals surface area contributed by atoms with Gasteiger partial charge in [0.1, 0.15) is 10.8 Å². The minimum absolute atomic E-state index is 0.0444. The summed E-state index contributed by atoms with van der Waals surface area (Å²) in [6.45, 7) is 1.93. The Bertz CT molecular complexity index is 668. The van der Waals surface area contributed by atoms with E-state index in [-0.39, 0.29) is 22.1 Å². The van der Waals surface area contributed by atoms with Crippen LogP contribution in [0.1, 0.15) is 21.5 Å². The molecule has 2 aromatic carbocycles. The molecule has 20 heavy (non-hydrogen) atoms. The van der Waals surface area contributed by atoms with Crippen LogP contribution < -0.4 is 11.1 Å². The Morgan fingerprint density at radius 3 is 2.45 bits per heavy atom. The van der Waals surface area contributed by atoms with Crippen molar-refractivity contribution < 1.29 is 9.18 Å². The summed E-state index contributed by atoms with van der Waals surface area (Å²) in [5, 5.41) is 2.62. The Morgan fingerprint density at radius 1 is 1.20 bits per heavy atom. The van der Waals surface area contributed by atoms with E-state index in [9.17, 15) is 9.18 Å². The molecule has 3 N–H and O–H groups in total. The molecule has 0 spiro atoms. The number of nitrogens with two attached hydrogens (primary N) is 1. The van der Waals surface area contributed by atoms with Gasteiger partial charge < -0.3 is 11.1 Å². The number of anilines is 1. The lowest BCUT2D eigenvalue weighted by molar-refractivity contribution is 0.102. The van der Waals surface area contributed by atoms with E-state index >= 15 is 0 Å². The van der Waals surface area contributed by atoms with Crippen molar-refractivity contribution in [2.24, 2.45) is 5.73 Å². The van der Waals surface area contributed by atoms with Gasteiger partial charge in [-0.3, -0.25) is 4.79 Å². The van der Waals surface area contributed by atoms with E-state index in [2.05, 4.69) is 5.32 Å². The maximum Gasteiger partial charge on any atom is 0.255 e. The zero-order valence-electron chi connectivity index (χ0n) is 10.8. The molecule has 0 aliphatic carbocycles. The van der Waals surface area contributed by atoms with Crippen molar-refractivity contribution in [3.8, 4) is 0 Å². The van der Waals surface area contributed by atoms with Gasteiger partial charge in [0.25, 0.3) is 5.91 Å². The van der Waals surface area contributed by atoms with E-state index in [4.69, 9.17) is 18.0 Å². The first-order valence-corrected chi connectivity index (χ1v) is 6.36. The second kappa shape index (κ2) is 5.79. The second-order valence-corrected chi connectivity index (χ2v) is 4.79. The molecule has 0 unspecified atom stereocenters. The number of hydrogen-bond acceptors (Lipinski definition) is 2. The van der Waals surface area contributed by atoms with Crippen molar-refractivity contribution in [3.63, 3.8) is 0 Å². The SMILES string of the molecule is Cc1ccc(C(=O)Nc2cccc(F)c2C(N)=S)cc1. The molecule has 0 saturated carbocycles. The van der Waals surface area contributed by atoms with Gasteiger partial charge in [0.15, 0.2) is 0 Å². The summed E-state index contributed by atoms with van der Waals surface area (Å²) in [5.74, 6) is -0.896. The third kappa shape index (κ3) is 3.00. The molecular weight excluding hydrogens is 275 g/mol. The summed E-state index contributed by atoms with van der Waals surface area (Å²) in [7, 11) is 0. The molecule has 0 heterocycles. The zero-order valence-corrected chi connectivity index (χ0v) is 11.6. The Kier molecular flexibility index (Phi) is 4.10. The minimum atomic E-state index is -0.556. The number of rotatable bonds is 3. The largest absolute Gasteiger partial charge is 0.389 e. The van der Waals surface area contributed by atoms with Gasteiger partial charge in [-0.15, -0.1) is 0 Å². The molecule has 1 amide bonds. The number of aryl methyl sites for hydroxylation is 1. The summed E-state index contributed by atoms with van der Waals surface area (Å²) in [5.41, 5.74) is 7.33. The molecule has 0 aliphatic heterocycles. The van der Waals surface area contributed by atoms with Crippen molar-refractivity contribution in [1.82, 2.24) is 0 Å². The average Bonchev–Trinajstić information content (AvgIpc) is 2.39. The first-order valence-electron chi connectivity index (χ1n) is 5.95. The molecule has 0 fully saturated rings. The zero-order chi connectivity index (χ0) is 14.7. The maximum absolute atomic E-state index is 13.7. The van der Waals surface area contributed by atoms with Crippen LogP contribution in [0.25, 0.3) is 0 Å². The smallest absolute Gasteiger partial charge is 0.255 e. The van der Waals surface area contributed by atoms with Gasteiger partial charge in [0.05, 0.1) is 11.3 Å². The van der Waals surface area contributed by atoms with Crippen LogP contribution in [0.5, 0.6) is 0 Å². The van der Waals surface area contributed by atoms with Crippen molar-refractivity contribution in [1.29, 1.82) is 0 Å². The van der Waals surface area contributed by atoms with E-state index in [1.807, 2.05) is 19.1 Å². The Labute approximate surface area is 121 Å². The lowest BCUT2D eigenvalue weighted by atomic mass is 10.1. The molecule has 0 aromatic heterocycles. The van der Waals surface area contributed by atoms with Crippen LogP contribution >= 0.6 is 12.2 Å². The van der Waals surface area contributed by atoms with E-state index in [1.54, 1.807) is 18.2 Å². The van der Waals surface area contributed by atoms with Gasteiger partial charge in [0.2, 0.25) is 0 Å². The standard InChI is InChI=1S/C15H13FN2OS/c1-9-5-7-10(8-6-9)15(19)18-12-4-2-3-11(16)13(12)14(17)20/h2-8H,1H3,(H2,17,20)(H,18,19). The summed E-state index contributed by atoms with van der Waals surface area (Å²) < 4.78 is 13.7. The van der Waals surface area contributed by atoms with Crippen LogP contribution in [0, 0.1) is 12.7 Å². The van der Waals surface area contributed by atoms with Gasteiger partial charge >= 0.3 is 0 Å². The number of thiocarbonyl (C=S) groups is 1. The molecule has 0 atom stereocenters. The maximum atomic E-state index is 13.7. The fraction of sp³-hybridized carbons (Fsp3) is 0.0667. The number of amides is 1. The topological polar surface area (TPSA) is 55.1 Å². The van der Waals surface area contributed by atoms with Crippen LogP contribution in [0.3, 0.4) is 0 Å². The fourth-order valence-electron chi connectivity index (χ4n) is 1.78. The molecule has 102 valence electrons. The molecule has 0 bridgehead atoms. The summed E-state index contributed by atoms with van der Waals surface area (Å²) in [6.07, 6.45) is 0. The van der Waals surface area contributed by atoms with Crippen LogP contribution in [0.2, 0.25) is 0 Å². The Hall–Kier alpha value is -2.27. The van der Waals surface area contributed by atoms with E-state index in [1.165, 1.54) is 12.1 Å². The third-order valence-electron chi connectivity index (χ3n) is 2.82. The lowest BCUT2D eigenvalue weighted by Gasteiger charge is -2.11. The van der Waals surface area contributed by atoms with Gasteiger partial charge in [-0.05, 0) is 31.2 Å². The van der Waals surface area contributed by atoms with Crippen LogP contribution in [-0.2, 0) is 0 Å². The highest BCUT2D eigenvalue weighted by atomic mass is 32.1. The van der Waals surface area contributed by atoms with Crippen LogP contribution in [0.4, 0.5) is 10.1 Å². The number of halogens is 1. The van der Waals surface area contributed by atoms with Gasteiger partial charge in [-0.1, -0.05) is 36.0 Å². The molecule has 2 rings (SSSR count). The fourth-order valence-corrected chi connectivity index (χ4v) is 1.99. The third-order valence-corrected chi connectivity index (χ3v) is 3.03. The Balaban J connectivity index is 2.30. The van der Waals surface area contributed by atoms with Gasteiger partial charge in [0, 0.05) is 5.56 Å². The van der Waals surface area contributed by atoms with Crippen molar-refractivity contribution in [3.05, 3.63) is 65.0 Å². The van der Waals surface area contributed by atoms with E-state index < -0.39 is 5.82 Å². The molecule has 3 nitrogen and oxygen atoms in total. The van der Waals surface area contributed by atoms with Crippen LogP contribution in [-0.4, -0.2) is 10.9 Å². The highest BCUT2D eigenvalue weighted by Gasteiger charge is 2.14. The molecule has 0 saturated heterocycles. The average molecular weight is 288 g/mol. The number of benzene rings is 2. The van der Waals surface area contributed by atoms with Gasteiger partial charge in [-0.2, -0.15) is 0 Å². The number of hydrogen-bond donors (Lipinski definition) is 2. The predicted molar refractivity (Wildman–Crippen MR) is 81.4 cm³/mol. The Morgan fingerprint density at radius 2 is 1.85 bits per heavy atom. The minimum Gasteiger partial charge on any atom is -0.389 e. The van der Waals surface area contributed by atoms with Crippen molar-refractivity contribution in [2.45, 2.75) is 6.92 Å². The van der Waals surface area contributed by atoms with Crippen molar-refractivity contribution in [2.75, 3.05) is 5.32 Å². The second-order valence-electron chi connectivity index (χ2n) is 4.35. The number of carbonyl (C=O) groups excluding carboxylic acids is 1. The molecular formula is C15H13FN2OS. The first-order chi connectivity index (χ1) is 9.49. The summed E-state index contributed by atoms with van der Waals surface area (Å²) >= 11 is 4.81. The number of nitrogens with one attached hydrogen (secondary N) is 1. The van der Waals surface area contributed by atoms with Crippen LogP contribution in [0.15, 0.2) is 42.5 Å². The molecule has 0 radical (unpaired) electrons. The summed E-state index contributed by atoms with van der Waals surface area (Å²) in [4.78, 5) is 12.0. The lowest BCUT2D eigenvalue weighted by Crippen LogP contribution is -2.19. The highest BCUT2D eigenvalue weighted by molar-refractivity contribution is 7.80. The quantitative estimate of drug-likeness (QED) is 0.854. The molecule has 0 aliphatic rings. The van der Waals surface area contributed by atoms with E-state index in [0.29, 0.717) is 5.56 Å². The van der Waals surface area contributed by atoms with Gasteiger partial charge in [-0.25, -0.2) is 4.39 Å². The first kappa shape index (κ1) is 14.1. The normalized spacial score (nSPS) is 10.1. The van der Waals surface area contributed by atoms with E-state index in [0.717, 1.165) is 5.56 Å². The summed E-state index contributed by atoms with van der Waals surface area (Å²) in [6, 6.07) is 11.3. The predicted octanol–water partition coefficient (Wildman–Crippen LogP) is 3.02.